The van der Waals surface area contributed by atoms with Crippen LogP contribution in [0.2, 0.25) is 0 Å². The number of methoxy groups -OCH3 is 2. The van der Waals surface area contributed by atoms with Gasteiger partial charge in [0.05, 0.1) is 19.7 Å². The van der Waals surface area contributed by atoms with Crippen LogP contribution in [0.1, 0.15) is 30.2 Å². The zero-order chi connectivity index (χ0) is 20.4. The standard InChI is InChI=1S/C24H24N2O3/c1-4-7-21-19-13-23(29-3)22(28-2)12-18(19)17(14-25-21)11-16-10-15-8-5-6-9-20(15)26-24(16)27/h5-6,8-10,12-14H,4,7,11H2,1-3H3,(H,26,27). The first-order valence-corrected chi connectivity index (χ1v) is 9.74. The van der Waals surface area contributed by atoms with Crippen molar-refractivity contribution < 1.29 is 14.6 Å². The zero-order valence-electron chi connectivity index (χ0n) is 16.9. The molecule has 5 nitrogen and oxygen atoms in total. The molecule has 0 bridgehead atoms. The molecule has 1 N–H and O–H groups in total. The molecule has 0 unspecified atom stereocenters. The molecular formula is C24H24N2O3. The molecule has 0 aliphatic heterocycles. The summed E-state index contributed by atoms with van der Waals surface area (Å²) in [5, 5.41) is 13.6. The number of aryl methyl sites for hydroxylation is 1. The minimum atomic E-state index is 0.0509. The molecule has 0 spiro atoms. The molecule has 0 radical (unpaired) electrons. The zero-order valence-corrected chi connectivity index (χ0v) is 16.9. The van der Waals surface area contributed by atoms with Crippen molar-refractivity contribution in [3.8, 4) is 17.4 Å². The summed E-state index contributed by atoms with van der Waals surface area (Å²) in [6, 6.07) is 13.8. The third-order valence-electron chi connectivity index (χ3n) is 5.20. The van der Waals surface area contributed by atoms with Gasteiger partial charge in [-0.15, -0.1) is 0 Å². The van der Waals surface area contributed by atoms with Gasteiger partial charge in [0.1, 0.15) is 0 Å². The van der Waals surface area contributed by atoms with Crippen LogP contribution in [0, 0.1) is 0 Å². The van der Waals surface area contributed by atoms with E-state index in [1.807, 2.05) is 48.7 Å². The molecule has 0 aliphatic carbocycles. The summed E-state index contributed by atoms with van der Waals surface area (Å²) in [4.78, 5) is 9.07. The van der Waals surface area contributed by atoms with Gasteiger partial charge >= 0.3 is 0 Å². The molecule has 2 heterocycles. The first-order valence-electron chi connectivity index (χ1n) is 9.74. The molecular weight excluding hydrogens is 364 g/mol. The summed E-state index contributed by atoms with van der Waals surface area (Å²) >= 11 is 0. The van der Waals surface area contributed by atoms with Gasteiger partial charge in [-0.3, -0.25) is 4.98 Å². The predicted octanol–water partition coefficient (Wildman–Crippen LogP) is 5.05. The van der Waals surface area contributed by atoms with Crippen LogP contribution in [0.4, 0.5) is 0 Å². The second kappa shape index (κ2) is 7.95. The molecule has 4 aromatic rings. The van der Waals surface area contributed by atoms with Gasteiger partial charge < -0.3 is 14.6 Å². The topological polar surface area (TPSA) is 64.5 Å². The third-order valence-corrected chi connectivity index (χ3v) is 5.20. The van der Waals surface area contributed by atoms with Crippen LogP contribution in [0.3, 0.4) is 0 Å². The summed E-state index contributed by atoms with van der Waals surface area (Å²) in [6.07, 6.45) is 4.31. The number of pyridine rings is 2. The Labute approximate surface area is 170 Å². The Bertz CT molecular complexity index is 1190. The Hall–Kier alpha value is -3.34. The van der Waals surface area contributed by atoms with Gasteiger partial charge in [0.2, 0.25) is 5.88 Å². The maximum Gasteiger partial charge on any atom is 0.214 e. The fourth-order valence-electron chi connectivity index (χ4n) is 3.74. The highest BCUT2D eigenvalue weighted by Crippen LogP contribution is 2.36. The average molecular weight is 388 g/mol. The largest absolute Gasteiger partial charge is 0.493 e. The number of benzene rings is 2. The van der Waals surface area contributed by atoms with E-state index < -0.39 is 0 Å². The van der Waals surface area contributed by atoms with E-state index in [1.165, 1.54) is 0 Å². The fraction of sp³-hybridized carbons (Fsp3) is 0.250. The van der Waals surface area contributed by atoms with Crippen molar-refractivity contribution in [3.63, 3.8) is 0 Å². The lowest BCUT2D eigenvalue weighted by molar-refractivity contribution is 0.356. The lowest BCUT2D eigenvalue weighted by Crippen LogP contribution is -2.00. The van der Waals surface area contributed by atoms with E-state index in [4.69, 9.17) is 14.5 Å². The van der Waals surface area contributed by atoms with Crippen LogP contribution in [0.15, 0.2) is 48.7 Å². The molecule has 4 rings (SSSR count). The van der Waals surface area contributed by atoms with Crippen molar-refractivity contribution in [2.75, 3.05) is 14.2 Å². The number of rotatable bonds is 6. The quantitative estimate of drug-likeness (QED) is 0.501. The molecule has 0 saturated carbocycles. The maximum absolute atomic E-state index is 10.5. The molecule has 0 atom stereocenters. The number of para-hydroxylation sites is 1. The highest BCUT2D eigenvalue weighted by molar-refractivity contribution is 5.91. The van der Waals surface area contributed by atoms with Crippen molar-refractivity contribution in [1.29, 1.82) is 0 Å². The van der Waals surface area contributed by atoms with Crippen LogP contribution in [-0.4, -0.2) is 29.3 Å². The highest BCUT2D eigenvalue weighted by Gasteiger charge is 2.15. The van der Waals surface area contributed by atoms with Crippen LogP contribution in [0.5, 0.6) is 17.4 Å². The number of nitrogens with zero attached hydrogens (tertiary/aromatic N) is 2. The van der Waals surface area contributed by atoms with Gasteiger partial charge in [0.15, 0.2) is 11.5 Å². The van der Waals surface area contributed by atoms with E-state index in [-0.39, 0.29) is 5.88 Å². The maximum atomic E-state index is 10.5. The van der Waals surface area contributed by atoms with Gasteiger partial charge in [-0.2, -0.15) is 0 Å². The van der Waals surface area contributed by atoms with Gasteiger partial charge in [-0.1, -0.05) is 31.5 Å². The minimum Gasteiger partial charge on any atom is -0.493 e. The Kier molecular flexibility index (Phi) is 5.21. The van der Waals surface area contributed by atoms with E-state index in [2.05, 4.69) is 11.9 Å². The molecule has 0 aliphatic rings. The number of ether oxygens (including phenoxy) is 2. The van der Waals surface area contributed by atoms with E-state index in [1.54, 1.807) is 14.2 Å². The summed E-state index contributed by atoms with van der Waals surface area (Å²) < 4.78 is 11.0. The minimum absolute atomic E-state index is 0.0509. The first-order chi connectivity index (χ1) is 14.1. The Morgan fingerprint density at radius 3 is 2.38 bits per heavy atom. The van der Waals surface area contributed by atoms with E-state index in [0.717, 1.165) is 51.3 Å². The van der Waals surface area contributed by atoms with Crippen molar-refractivity contribution in [1.82, 2.24) is 9.97 Å². The summed E-state index contributed by atoms with van der Waals surface area (Å²) in [7, 11) is 3.27. The average Bonchev–Trinajstić information content (AvgIpc) is 2.75. The van der Waals surface area contributed by atoms with E-state index in [0.29, 0.717) is 17.9 Å². The highest BCUT2D eigenvalue weighted by atomic mass is 16.5. The van der Waals surface area contributed by atoms with E-state index in [9.17, 15) is 5.11 Å². The molecule has 29 heavy (non-hydrogen) atoms. The van der Waals surface area contributed by atoms with Crippen LogP contribution >= 0.6 is 0 Å². The Morgan fingerprint density at radius 2 is 1.66 bits per heavy atom. The number of fused-ring (bicyclic) bond motifs is 2. The normalized spacial score (nSPS) is 11.1. The second-order valence-corrected chi connectivity index (χ2v) is 7.07. The molecule has 2 aromatic heterocycles. The smallest absolute Gasteiger partial charge is 0.214 e. The number of hydrogen-bond acceptors (Lipinski definition) is 5. The summed E-state index contributed by atoms with van der Waals surface area (Å²) in [5.74, 6) is 1.41. The number of aromatic nitrogens is 2. The van der Waals surface area contributed by atoms with Crippen molar-refractivity contribution >= 4 is 21.7 Å². The van der Waals surface area contributed by atoms with E-state index >= 15 is 0 Å². The third kappa shape index (κ3) is 3.56. The van der Waals surface area contributed by atoms with Crippen LogP contribution in [0.25, 0.3) is 21.7 Å². The monoisotopic (exact) mass is 388 g/mol. The van der Waals surface area contributed by atoms with Gasteiger partial charge in [0, 0.05) is 34.6 Å². The molecule has 5 heteroatoms. The van der Waals surface area contributed by atoms with Crippen molar-refractivity contribution in [2.24, 2.45) is 0 Å². The second-order valence-electron chi connectivity index (χ2n) is 7.07. The predicted molar refractivity (Wildman–Crippen MR) is 115 cm³/mol. The van der Waals surface area contributed by atoms with Crippen LogP contribution in [-0.2, 0) is 12.8 Å². The first kappa shape index (κ1) is 19.0. The van der Waals surface area contributed by atoms with Gasteiger partial charge in [-0.05, 0) is 41.6 Å². The number of aromatic hydroxyl groups is 1. The van der Waals surface area contributed by atoms with Crippen molar-refractivity contribution in [2.45, 2.75) is 26.2 Å². The molecule has 0 saturated heterocycles. The van der Waals surface area contributed by atoms with Gasteiger partial charge in [0.25, 0.3) is 0 Å². The number of hydrogen-bond donors (Lipinski definition) is 1. The van der Waals surface area contributed by atoms with Crippen molar-refractivity contribution in [3.05, 3.63) is 65.5 Å². The SMILES string of the molecule is CCCc1ncc(Cc2cc3ccccc3nc2O)c2cc(OC)c(OC)cc12. The molecule has 2 aromatic carbocycles. The molecule has 0 amide bonds. The Morgan fingerprint density at radius 1 is 0.931 bits per heavy atom. The Balaban J connectivity index is 1.87. The molecule has 0 fully saturated rings. The van der Waals surface area contributed by atoms with Gasteiger partial charge in [-0.25, -0.2) is 4.98 Å². The van der Waals surface area contributed by atoms with Crippen LogP contribution < -0.4 is 9.47 Å². The fourth-order valence-corrected chi connectivity index (χ4v) is 3.74. The molecule has 148 valence electrons. The lowest BCUT2D eigenvalue weighted by Gasteiger charge is -2.15. The summed E-state index contributed by atoms with van der Waals surface area (Å²) in [5.41, 5.74) is 3.59. The lowest BCUT2D eigenvalue weighted by atomic mass is 9.97. The summed E-state index contributed by atoms with van der Waals surface area (Å²) in [6.45, 7) is 2.14.